The summed E-state index contributed by atoms with van der Waals surface area (Å²) >= 11 is 0. The first kappa shape index (κ1) is 9.72. The third-order valence-corrected chi connectivity index (χ3v) is 2.88. The van der Waals surface area contributed by atoms with Gasteiger partial charge in [-0.2, -0.15) is 0 Å². The van der Waals surface area contributed by atoms with Crippen LogP contribution in [0.25, 0.3) is 0 Å². The molecule has 0 aliphatic heterocycles. The van der Waals surface area contributed by atoms with E-state index < -0.39 is 0 Å². The fourth-order valence-electron chi connectivity index (χ4n) is 2.00. The number of ether oxygens (including phenoxy) is 1. The standard InChI is InChI=1S/C10H18O2/c1-4-8-6-9(12-3)5-7(2)10(8)11/h7-9H,4-6H2,1-3H3. The summed E-state index contributed by atoms with van der Waals surface area (Å²) in [6.07, 6.45) is 3.10. The Morgan fingerprint density at radius 3 is 2.67 bits per heavy atom. The van der Waals surface area contributed by atoms with E-state index in [1.165, 1.54) is 0 Å². The van der Waals surface area contributed by atoms with Gasteiger partial charge in [0, 0.05) is 18.9 Å². The van der Waals surface area contributed by atoms with Crippen molar-refractivity contribution in [1.82, 2.24) is 0 Å². The van der Waals surface area contributed by atoms with Crippen molar-refractivity contribution in [2.75, 3.05) is 7.11 Å². The van der Waals surface area contributed by atoms with Crippen LogP contribution in [0.3, 0.4) is 0 Å². The number of hydrogen-bond acceptors (Lipinski definition) is 2. The van der Waals surface area contributed by atoms with Crippen molar-refractivity contribution in [3.05, 3.63) is 0 Å². The number of ketones is 1. The predicted molar refractivity (Wildman–Crippen MR) is 48.0 cm³/mol. The molecule has 3 unspecified atom stereocenters. The van der Waals surface area contributed by atoms with Crippen LogP contribution in [0.2, 0.25) is 0 Å². The topological polar surface area (TPSA) is 26.3 Å². The second-order valence-corrected chi connectivity index (χ2v) is 3.74. The highest BCUT2D eigenvalue weighted by atomic mass is 16.5. The number of Topliss-reactive ketones (excluding diaryl/α,β-unsaturated/α-hetero) is 1. The summed E-state index contributed by atoms with van der Waals surface area (Å²) in [7, 11) is 1.74. The molecule has 1 aliphatic carbocycles. The minimum atomic E-state index is 0.202. The van der Waals surface area contributed by atoms with Crippen LogP contribution in [0.1, 0.15) is 33.1 Å². The van der Waals surface area contributed by atoms with Gasteiger partial charge in [-0.15, -0.1) is 0 Å². The maximum absolute atomic E-state index is 11.6. The molecule has 1 aliphatic rings. The van der Waals surface area contributed by atoms with Gasteiger partial charge in [-0.1, -0.05) is 13.8 Å². The monoisotopic (exact) mass is 170 g/mol. The maximum Gasteiger partial charge on any atom is 0.138 e. The number of carbonyl (C=O) groups excluding carboxylic acids is 1. The molecule has 2 nitrogen and oxygen atoms in total. The highest BCUT2D eigenvalue weighted by Crippen LogP contribution is 2.29. The molecule has 1 saturated carbocycles. The predicted octanol–water partition coefficient (Wildman–Crippen LogP) is 2.03. The zero-order valence-corrected chi connectivity index (χ0v) is 8.17. The Labute approximate surface area is 74.3 Å². The first-order chi connectivity index (χ1) is 5.69. The average molecular weight is 170 g/mol. The molecule has 0 aromatic carbocycles. The summed E-state index contributed by atoms with van der Waals surface area (Å²) in [5, 5.41) is 0. The van der Waals surface area contributed by atoms with E-state index in [2.05, 4.69) is 6.92 Å². The van der Waals surface area contributed by atoms with E-state index in [9.17, 15) is 4.79 Å². The van der Waals surface area contributed by atoms with Crippen LogP contribution in [0.15, 0.2) is 0 Å². The Morgan fingerprint density at radius 2 is 2.17 bits per heavy atom. The molecule has 1 fully saturated rings. The second kappa shape index (κ2) is 4.04. The molecule has 0 radical (unpaired) electrons. The van der Waals surface area contributed by atoms with Crippen LogP contribution >= 0.6 is 0 Å². The molecule has 3 atom stereocenters. The van der Waals surface area contributed by atoms with E-state index in [1.807, 2.05) is 6.92 Å². The van der Waals surface area contributed by atoms with E-state index in [0.29, 0.717) is 11.9 Å². The van der Waals surface area contributed by atoms with E-state index in [1.54, 1.807) is 7.11 Å². The Hall–Kier alpha value is -0.370. The highest BCUT2D eigenvalue weighted by molar-refractivity contribution is 5.83. The normalized spacial score (nSPS) is 36.9. The van der Waals surface area contributed by atoms with Gasteiger partial charge in [0.05, 0.1) is 6.10 Å². The Bertz CT molecular complexity index is 165. The quantitative estimate of drug-likeness (QED) is 0.633. The maximum atomic E-state index is 11.6. The number of carbonyl (C=O) groups is 1. The molecule has 0 amide bonds. The van der Waals surface area contributed by atoms with Gasteiger partial charge in [0.25, 0.3) is 0 Å². The van der Waals surface area contributed by atoms with Crippen LogP contribution in [-0.4, -0.2) is 19.0 Å². The van der Waals surface area contributed by atoms with Crippen LogP contribution in [0.4, 0.5) is 0 Å². The van der Waals surface area contributed by atoms with E-state index in [4.69, 9.17) is 4.74 Å². The third-order valence-electron chi connectivity index (χ3n) is 2.88. The summed E-state index contributed by atoms with van der Waals surface area (Å²) in [4.78, 5) is 11.6. The van der Waals surface area contributed by atoms with Gasteiger partial charge in [-0.3, -0.25) is 4.79 Å². The number of hydrogen-bond donors (Lipinski definition) is 0. The van der Waals surface area contributed by atoms with Crippen molar-refractivity contribution in [1.29, 1.82) is 0 Å². The summed E-state index contributed by atoms with van der Waals surface area (Å²) in [5.41, 5.74) is 0. The molecular formula is C10H18O2. The van der Waals surface area contributed by atoms with E-state index >= 15 is 0 Å². The molecule has 0 aromatic rings. The molecule has 12 heavy (non-hydrogen) atoms. The minimum absolute atomic E-state index is 0.202. The van der Waals surface area contributed by atoms with Crippen LogP contribution in [-0.2, 0) is 9.53 Å². The number of rotatable bonds is 2. The third kappa shape index (κ3) is 1.86. The lowest BCUT2D eigenvalue weighted by atomic mass is 9.78. The largest absolute Gasteiger partial charge is 0.381 e. The van der Waals surface area contributed by atoms with Gasteiger partial charge in [0.1, 0.15) is 5.78 Å². The summed E-state index contributed by atoms with van der Waals surface area (Å²) in [6.45, 7) is 4.09. The van der Waals surface area contributed by atoms with Gasteiger partial charge in [0.15, 0.2) is 0 Å². The van der Waals surface area contributed by atoms with Crippen molar-refractivity contribution < 1.29 is 9.53 Å². The smallest absolute Gasteiger partial charge is 0.138 e. The Balaban J connectivity index is 2.58. The zero-order chi connectivity index (χ0) is 9.14. The fourth-order valence-corrected chi connectivity index (χ4v) is 2.00. The molecule has 1 rings (SSSR count). The first-order valence-corrected chi connectivity index (χ1v) is 4.75. The lowest BCUT2D eigenvalue weighted by molar-refractivity contribution is -0.132. The van der Waals surface area contributed by atoms with E-state index in [-0.39, 0.29) is 11.8 Å². The summed E-state index contributed by atoms with van der Waals surface area (Å²) in [6, 6.07) is 0. The molecule has 2 heteroatoms. The van der Waals surface area contributed by atoms with Crippen molar-refractivity contribution in [3.63, 3.8) is 0 Å². The van der Waals surface area contributed by atoms with Gasteiger partial charge in [0.2, 0.25) is 0 Å². The molecular weight excluding hydrogens is 152 g/mol. The zero-order valence-electron chi connectivity index (χ0n) is 8.17. The van der Waals surface area contributed by atoms with Crippen LogP contribution in [0.5, 0.6) is 0 Å². The SMILES string of the molecule is CCC1CC(OC)CC(C)C1=O. The van der Waals surface area contributed by atoms with Gasteiger partial charge in [-0.25, -0.2) is 0 Å². The van der Waals surface area contributed by atoms with Gasteiger partial charge < -0.3 is 4.74 Å². The fraction of sp³-hybridized carbons (Fsp3) is 0.900. The lowest BCUT2D eigenvalue weighted by Gasteiger charge is -2.30. The Morgan fingerprint density at radius 1 is 1.50 bits per heavy atom. The molecule has 0 spiro atoms. The second-order valence-electron chi connectivity index (χ2n) is 3.74. The summed E-state index contributed by atoms with van der Waals surface area (Å²) in [5.74, 6) is 0.887. The van der Waals surface area contributed by atoms with Gasteiger partial charge in [-0.05, 0) is 19.3 Å². The lowest BCUT2D eigenvalue weighted by Crippen LogP contribution is -2.34. The molecule has 0 heterocycles. The van der Waals surface area contributed by atoms with Crippen LogP contribution < -0.4 is 0 Å². The van der Waals surface area contributed by atoms with Crippen molar-refractivity contribution in [3.8, 4) is 0 Å². The first-order valence-electron chi connectivity index (χ1n) is 4.75. The Kier molecular flexibility index (Phi) is 3.27. The van der Waals surface area contributed by atoms with Crippen molar-refractivity contribution in [2.24, 2.45) is 11.8 Å². The van der Waals surface area contributed by atoms with Crippen molar-refractivity contribution in [2.45, 2.75) is 39.2 Å². The minimum Gasteiger partial charge on any atom is -0.381 e. The molecule has 0 saturated heterocycles. The van der Waals surface area contributed by atoms with Gasteiger partial charge >= 0.3 is 0 Å². The molecule has 0 N–H and O–H groups in total. The number of methoxy groups -OCH3 is 1. The van der Waals surface area contributed by atoms with E-state index in [0.717, 1.165) is 19.3 Å². The molecule has 0 bridgehead atoms. The van der Waals surface area contributed by atoms with Crippen molar-refractivity contribution >= 4 is 5.78 Å². The molecule has 70 valence electrons. The summed E-state index contributed by atoms with van der Waals surface area (Å²) < 4.78 is 5.29. The molecule has 0 aromatic heterocycles. The average Bonchev–Trinajstić information content (AvgIpc) is 2.09. The van der Waals surface area contributed by atoms with Crippen LogP contribution in [0, 0.1) is 11.8 Å². The highest BCUT2D eigenvalue weighted by Gasteiger charge is 2.32.